The average Bonchev–Trinajstić information content (AvgIpc) is 3.07. The lowest BCUT2D eigenvalue weighted by molar-refractivity contribution is 0.0990. The summed E-state index contributed by atoms with van der Waals surface area (Å²) >= 11 is 0. The highest BCUT2D eigenvalue weighted by atomic mass is 16.5. The molecule has 3 rings (SSSR count). The van der Waals surface area contributed by atoms with Crippen molar-refractivity contribution in [2.75, 3.05) is 7.11 Å². The number of ketones is 1. The summed E-state index contributed by atoms with van der Waals surface area (Å²) in [5, 5.41) is 13.1. The van der Waals surface area contributed by atoms with Crippen molar-refractivity contribution in [3.8, 4) is 22.9 Å². The van der Waals surface area contributed by atoms with Gasteiger partial charge in [-0.15, -0.1) is 0 Å². The third kappa shape index (κ3) is 3.59. The number of nitriles is 1. The Bertz CT molecular complexity index is 967. The minimum Gasteiger partial charge on any atom is -0.496 e. The fraction of sp³-hybridized carbons (Fsp3) is 0.150. The molecule has 124 valence electrons. The number of benzene rings is 2. The van der Waals surface area contributed by atoms with Crippen LogP contribution in [0.25, 0.3) is 11.1 Å². The molecule has 3 aromatic rings. The first-order valence-electron chi connectivity index (χ1n) is 7.80. The van der Waals surface area contributed by atoms with E-state index in [0.717, 1.165) is 16.7 Å². The molecule has 1 heterocycles. The molecule has 0 fully saturated rings. The fourth-order valence-corrected chi connectivity index (χ4v) is 2.70. The molecule has 5 nitrogen and oxygen atoms in total. The maximum absolute atomic E-state index is 12.7. The molecule has 0 saturated carbocycles. The third-order valence-corrected chi connectivity index (χ3v) is 3.96. The van der Waals surface area contributed by atoms with Crippen molar-refractivity contribution in [2.45, 2.75) is 6.42 Å². The Hall–Kier alpha value is -3.39. The van der Waals surface area contributed by atoms with E-state index in [4.69, 9.17) is 10.00 Å². The highest BCUT2D eigenvalue weighted by molar-refractivity contribution is 6.00. The minimum absolute atomic E-state index is 0.0512. The van der Waals surface area contributed by atoms with Gasteiger partial charge in [0.25, 0.3) is 0 Å². The molecule has 0 radical (unpaired) electrons. The van der Waals surface area contributed by atoms with Gasteiger partial charge in [-0.05, 0) is 35.4 Å². The van der Waals surface area contributed by atoms with E-state index in [-0.39, 0.29) is 12.2 Å². The molecule has 25 heavy (non-hydrogen) atoms. The van der Waals surface area contributed by atoms with Crippen LogP contribution in [0.5, 0.6) is 5.75 Å². The maximum atomic E-state index is 12.7. The number of aromatic nitrogens is 2. The predicted octanol–water partition coefficient (Wildman–Crippen LogP) is 3.39. The molecule has 1 aromatic heterocycles. The molecule has 5 heteroatoms. The molecule has 0 aliphatic rings. The zero-order valence-electron chi connectivity index (χ0n) is 14.1. The van der Waals surface area contributed by atoms with E-state index in [1.165, 1.54) is 0 Å². The summed E-state index contributed by atoms with van der Waals surface area (Å²) in [5.41, 5.74) is 3.78. The number of aryl methyl sites for hydroxylation is 1. The number of methoxy groups -OCH3 is 1. The Labute approximate surface area is 146 Å². The van der Waals surface area contributed by atoms with Crippen LogP contribution >= 0.6 is 0 Å². The second kappa shape index (κ2) is 7.02. The number of Topliss-reactive ketones (excluding diaryl/α,β-unsaturated/α-hetero) is 1. The number of hydrogen-bond acceptors (Lipinski definition) is 4. The molecule has 0 spiro atoms. The Kier molecular flexibility index (Phi) is 4.62. The van der Waals surface area contributed by atoms with Crippen LogP contribution < -0.4 is 4.74 Å². The van der Waals surface area contributed by atoms with E-state index in [1.54, 1.807) is 42.3 Å². The molecular formula is C20H17N3O2. The number of carbonyl (C=O) groups excluding carboxylic acids is 1. The fourth-order valence-electron chi connectivity index (χ4n) is 2.70. The van der Waals surface area contributed by atoms with Crippen molar-refractivity contribution in [1.82, 2.24) is 9.78 Å². The lowest BCUT2D eigenvalue weighted by atomic mass is 9.98. The quantitative estimate of drug-likeness (QED) is 0.672. The molecule has 0 saturated heterocycles. The molecule has 0 unspecified atom stereocenters. The summed E-state index contributed by atoms with van der Waals surface area (Å²) in [4.78, 5) is 12.7. The summed E-state index contributed by atoms with van der Waals surface area (Å²) < 4.78 is 7.14. The maximum Gasteiger partial charge on any atom is 0.170 e. The normalized spacial score (nSPS) is 10.3. The number of nitrogens with zero attached hydrogens (tertiary/aromatic N) is 3. The monoisotopic (exact) mass is 331 g/mol. The Morgan fingerprint density at radius 2 is 2.08 bits per heavy atom. The van der Waals surface area contributed by atoms with Crippen LogP contribution in [0.1, 0.15) is 21.5 Å². The van der Waals surface area contributed by atoms with Crippen molar-refractivity contribution in [2.24, 2.45) is 7.05 Å². The Morgan fingerprint density at radius 3 is 2.76 bits per heavy atom. The lowest BCUT2D eigenvalue weighted by Crippen LogP contribution is -2.06. The molecular weight excluding hydrogens is 314 g/mol. The van der Waals surface area contributed by atoms with E-state index < -0.39 is 0 Å². The van der Waals surface area contributed by atoms with Gasteiger partial charge in [0.05, 0.1) is 30.5 Å². The highest BCUT2D eigenvalue weighted by Crippen LogP contribution is 2.28. The summed E-state index contributed by atoms with van der Waals surface area (Å²) in [6, 6.07) is 14.7. The van der Waals surface area contributed by atoms with Crippen molar-refractivity contribution < 1.29 is 9.53 Å². The molecule has 0 aliphatic carbocycles. The molecule has 0 N–H and O–H groups in total. The van der Waals surface area contributed by atoms with Gasteiger partial charge in [-0.2, -0.15) is 10.4 Å². The Balaban J connectivity index is 1.88. The molecule has 0 atom stereocenters. The van der Waals surface area contributed by atoms with Crippen LogP contribution in [0, 0.1) is 11.3 Å². The van der Waals surface area contributed by atoms with E-state index in [2.05, 4.69) is 11.2 Å². The van der Waals surface area contributed by atoms with E-state index >= 15 is 0 Å². The molecule has 2 aromatic carbocycles. The number of ether oxygens (including phenoxy) is 1. The van der Waals surface area contributed by atoms with E-state index in [1.807, 2.05) is 31.4 Å². The van der Waals surface area contributed by atoms with Gasteiger partial charge >= 0.3 is 0 Å². The zero-order valence-corrected chi connectivity index (χ0v) is 14.1. The molecule has 0 aliphatic heterocycles. The first-order chi connectivity index (χ1) is 12.1. The number of rotatable bonds is 5. The predicted molar refractivity (Wildman–Crippen MR) is 94.4 cm³/mol. The van der Waals surface area contributed by atoms with Crippen LogP contribution in [0.3, 0.4) is 0 Å². The van der Waals surface area contributed by atoms with Gasteiger partial charge in [0.15, 0.2) is 5.78 Å². The summed E-state index contributed by atoms with van der Waals surface area (Å²) in [6.45, 7) is 0. The second-order valence-electron chi connectivity index (χ2n) is 5.73. The topological polar surface area (TPSA) is 67.9 Å². The largest absolute Gasteiger partial charge is 0.496 e. The highest BCUT2D eigenvalue weighted by Gasteiger charge is 2.15. The van der Waals surface area contributed by atoms with Crippen molar-refractivity contribution in [3.05, 3.63) is 71.5 Å². The van der Waals surface area contributed by atoms with E-state index in [9.17, 15) is 4.79 Å². The SMILES string of the molecule is COc1cc(-c2cnn(C)c2)ccc1C(=O)Cc1cccc(C#N)c1. The average molecular weight is 331 g/mol. The van der Waals surface area contributed by atoms with Crippen LogP contribution in [0.15, 0.2) is 54.9 Å². The summed E-state index contributed by atoms with van der Waals surface area (Å²) in [7, 11) is 3.41. The van der Waals surface area contributed by atoms with E-state index in [0.29, 0.717) is 16.9 Å². The van der Waals surface area contributed by atoms with Crippen molar-refractivity contribution >= 4 is 5.78 Å². The van der Waals surface area contributed by atoms with Gasteiger partial charge in [0.1, 0.15) is 5.75 Å². The molecule has 0 amide bonds. The van der Waals surface area contributed by atoms with Gasteiger partial charge in [-0.3, -0.25) is 9.48 Å². The summed E-state index contributed by atoms with van der Waals surface area (Å²) in [5.74, 6) is 0.479. The van der Waals surface area contributed by atoms with Crippen LogP contribution in [0.2, 0.25) is 0 Å². The molecule has 0 bridgehead atoms. The standard InChI is InChI=1S/C20H17N3O2/c1-23-13-17(12-22-23)16-6-7-18(20(10-16)25-2)19(24)9-14-4-3-5-15(8-14)11-21/h3-8,10,12-13H,9H2,1-2H3. The first kappa shape index (κ1) is 16.5. The van der Waals surface area contributed by atoms with Gasteiger partial charge < -0.3 is 4.74 Å². The minimum atomic E-state index is -0.0512. The van der Waals surface area contributed by atoms with Gasteiger partial charge in [0, 0.05) is 25.2 Å². The van der Waals surface area contributed by atoms with Crippen molar-refractivity contribution in [1.29, 1.82) is 5.26 Å². The zero-order chi connectivity index (χ0) is 17.8. The van der Waals surface area contributed by atoms with Crippen molar-refractivity contribution in [3.63, 3.8) is 0 Å². The lowest BCUT2D eigenvalue weighted by Gasteiger charge is -2.10. The number of hydrogen-bond donors (Lipinski definition) is 0. The first-order valence-corrected chi connectivity index (χ1v) is 7.80. The van der Waals surface area contributed by atoms with Gasteiger partial charge in [0.2, 0.25) is 0 Å². The van der Waals surface area contributed by atoms with Gasteiger partial charge in [-0.1, -0.05) is 18.2 Å². The van der Waals surface area contributed by atoms with Crippen LogP contribution in [-0.2, 0) is 13.5 Å². The Morgan fingerprint density at radius 1 is 1.24 bits per heavy atom. The number of carbonyl (C=O) groups is 1. The van der Waals surface area contributed by atoms with Gasteiger partial charge in [-0.25, -0.2) is 0 Å². The smallest absolute Gasteiger partial charge is 0.170 e. The summed E-state index contributed by atoms with van der Waals surface area (Å²) in [6.07, 6.45) is 3.89. The van der Waals surface area contributed by atoms with Crippen LogP contribution in [0.4, 0.5) is 0 Å². The van der Waals surface area contributed by atoms with Crippen LogP contribution in [-0.4, -0.2) is 22.7 Å². The third-order valence-electron chi connectivity index (χ3n) is 3.96. The second-order valence-corrected chi connectivity index (χ2v) is 5.73.